The van der Waals surface area contributed by atoms with Gasteiger partial charge in [0.2, 0.25) is 0 Å². The topological polar surface area (TPSA) is 37.0 Å². The first-order chi connectivity index (χ1) is 11.1. The second kappa shape index (κ2) is 6.75. The number of benzene rings is 2. The Morgan fingerprint density at radius 3 is 2.57 bits per heavy atom. The van der Waals surface area contributed by atoms with E-state index in [2.05, 4.69) is 65.0 Å². The van der Waals surface area contributed by atoms with E-state index < -0.39 is 0 Å². The zero-order valence-electron chi connectivity index (χ0n) is 13.2. The molecule has 3 rings (SSSR count). The number of fused-ring (bicyclic) bond motifs is 1. The van der Waals surface area contributed by atoms with Gasteiger partial charge in [0.1, 0.15) is 5.82 Å². The van der Waals surface area contributed by atoms with Crippen LogP contribution in [0.15, 0.2) is 60.7 Å². The van der Waals surface area contributed by atoms with Crippen molar-refractivity contribution in [1.29, 1.82) is 0 Å². The molecule has 0 aliphatic rings. The van der Waals surface area contributed by atoms with Gasteiger partial charge in [0.05, 0.1) is 6.04 Å². The Labute approximate surface area is 141 Å². The fourth-order valence-corrected chi connectivity index (χ4v) is 2.95. The van der Waals surface area contributed by atoms with Gasteiger partial charge in [0.15, 0.2) is 5.11 Å². The lowest BCUT2D eigenvalue weighted by atomic mass is 10.00. The van der Waals surface area contributed by atoms with Gasteiger partial charge in [-0.05, 0) is 54.5 Å². The monoisotopic (exact) mass is 321 g/mol. The normalized spacial score (nSPS) is 11.9. The number of nitrogens with zero attached hydrogens (tertiary/aromatic N) is 1. The van der Waals surface area contributed by atoms with Gasteiger partial charge in [-0.1, -0.05) is 48.5 Å². The van der Waals surface area contributed by atoms with E-state index >= 15 is 0 Å². The number of aromatic nitrogens is 1. The molecule has 0 bridgehead atoms. The maximum atomic E-state index is 5.42. The van der Waals surface area contributed by atoms with Gasteiger partial charge in [-0.2, -0.15) is 0 Å². The van der Waals surface area contributed by atoms with Crippen LogP contribution < -0.4 is 10.6 Å². The largest absolute Gasteiger partial charge is 0.356 e. The van der Waals surface area contributed by atoms with E-state index in [0.29, 0.717) is 5.11 Å². The molecule has 1 heterocycles. The highest BCUT2D eigenvalue weighted by Crippen LogP contribution is 2.24. The van der Waals surface area contributed by atoms with Crippen LogP contribution in [0.1, 0.15) is 24.2 Å². The van der Waals surface area contributed by atoms with Crippen LogP contribution in [0.2, 0.25) is 0 Å². The third-order valence-electron chi connectivity index (χ3n) is 3.77. The standard InChI is InChI=1S/C19H19N3S/c1-13-7-5-12-18(20-13)22-19(23)21-14(2)16-11-6-9-15-8-3-4-10-17(15)16/h3-12,14H,1-2H3,(H2,20,21,22,23)/t14-/m0/s1. The number of anilines is 1. The van der Waals surface area contributed by atoms with Crippen LogP contribution in [-0.4, -0.2) is 10.1 Å². The third-order valence-corrected chi connectivity index (χ3v) is 3.99. The minimum atomic E-state index is 0.103. The Bertz CT molecular complexity index is 839. The number of thiocarbonyl (C=S) groups is 1. The summed E-state index contributed by atoms with van der Waals surface area (Å²) in [7, 11) is 0. The first-order valence-electron chi connectivity index (χ1n) is 7.62. The molecule has 1 aromatic heterocycles. The highest BCUT2D eigenvalue weighted by molar-refractivity contribution is 7.80. The molecule has 0 unspecified atom stereocenters. The molecule has 3 aromatic rings. The third kappa shape index (κ3) is 3.66. The van der Waals surface area contributed by atoms with Crippen LogP contribution in [0, 0.1) is 6.92 Å². The summed E-state index contributed by atoms with van der Waals surface area (Å²) in [5.41, 5.74) is 2.18. The van der Waals surface area contributed by atoms with Crippen molar-refractivity contribution in [3.63, 3.8) is 0 Å². The van der Waals surface area contributed by atoms with Crippen molar-refractivity contribution >= 4 is 33.9 Å². The van der Waals surface area contributed by atoms with E-state index in [0.717, 1.165) is 11.5 Å². The minimum Gasteiger partial charge on any atom is -0.356 e. The summed E-state index contributed by atoms with van der Waals surface area (Å²) in [6.45, 7) is 4.07. The minimum absolute atomic E-state index is 0.103. The lowest BCUT2D eigenvalue weighted by molar-refractivity contribution is 0.728. The van der Waals surface area contributed by atoms with E-state index in [4.69, 9.17) is 12.2 Å². The molecule has 0 saturated carbocycles. The fraction of sp³-hybridized carbons (Fsp3) is 0.158. The van der Waals surface area contributed by atoms with Gasteiger partial charge in [-0.25, -0.2) is 4.98 Å². The quantitative estimate of drug-likeness (QED) is 0.692. The molecule has 0 aliphatic heterocycles. The molecular formula is C19H19N3S. The number of aryl methyl sites for hydroxylation is 1. The molecule has 0 spiro atoms. The Balaban J connectivity index is 1.75. The average molecular weight is 321 g/mol. The molecule has 0 saturated heterocycles. The Hall–Kier alpha value is -2.46. The van der Waals surface area contributed by atoms with Crippen LogP contribution in [0.3, 0.4) is 0 Å². The molecule has 4 heteroatoms. The van der Waals surface area contributed by atoms with Crippen molar-refractivity contribution in [2.45, 2.75) is 19.9 Å². The summed E-state index contributed by atoms with van der Waals surface area (Å²) in [5.74, 6) is 0.757. The first-order valence-corrected chi connectivity index (χ1v) is 8.03. The zero-order chi connectivity index (χ0) is 16.2. The molecule has 2 aromatic carbocycles. The lowest BCUT2D eigenvalue weighted by Crippen LogP contribution is -2.31. The Kier molecular flexibility index (Phi) is 4.53. The number of hydrogen-bond acceptors (Lipinski definition) is 2. The fourth-order valence-electron chi connectivity index (χ4n) is 2.67. The SMILES string of the molecule is Cc1cccc(NC(=S)N[C@@H](C)c2cccc3ccccc23)n1. The Morgan fingerprint density at radius 1 is 1.00 bits per heavy atom. The van der Waals surface area contributed by atoms with Gasteiger partial charge >= 0.3 is 0 Å². The summed E-state index contributed by atoms with van der Waals surface area (Å²) in [6.07, 6.45) is 0. The van der Waals surface area contributed by atoms with Crippen LogP contribution in [0.25, 0.3) is 10.8 Å². The summed E-state index contributed by atoms with van der Waals surface area (Å²) < 4.78 is 0. The molecule has 23 heavy (non-hydrogen) atoms. The second-order valence-corrected chi connectivity index (χ2v) is 5.96. The lowest BCUT2D eigenvalue weighted by Gasteiger charge is -2.19. The summed E-state index contributed by atoms with van der Waals surface area (Å²) in [6, 6.07) is 20.6. The number of hydrogen-bond donors (Lipinski definition) is 2. The van der Waals surface area contributed by atoms with Gasteiger partial charge in [-0.15, -0.1) is 0 Å². The smallest absolute Gasteiger partial charge is 0.172 e. The van der Waals surface area contributed by atoms with Crippen LogP contribution >= 0.6 is 12.2 Å². The molecular weight excluding hydrogens is 302 g/mol. The van der Waals surface area contributed by atoms with Gasteiger partial charge < -0.3 is 10.6 Å². The van der Waals surface area contributed by atoms with Crippen molar-refractivity contribution < 1.29 is 0 Å². The number of pyridine rings is 1. The second-order valence-electron chi connectivity index (χ2n) is 5.55. The van der Waals surface area contributed by atoms with E-state index in [-0.39, 0.29) is 6.04 Å². The van der Waals surface area contributed by atoms with E-state index in [1.807, 2.05) is 25.1 Å². The van der Waals surface area contributed by atoms with E-state index in [1.165, 1.54) is 16.3 Å². The Morgan fingerprint density at radius 2 is 1.74 bits per heavy atom. The van der Waals surface area contributed by atoms with Crippen molar-refractivity contribution in [3.05, 3.63) is 71.9 Å². The van der Waals surface area contributed by atoms with E-state index in [9.17, 15) is 0 Å². The average Bonchev–Trinajstić information content (AvgIpc) is 2.54. The number of nitrogens with one attached hydrogen (secondary N) is 2. The predicted molar refractivity (Wildman–Crippen MR) is 101 cm³/mol. The van der Waals surface area contributed by atoms with Crippen molar-refractivity contribution in [2.75, 3.05) is 5.32 Å². The molecule has 2 N–H and O–H groups in total. The van der Waals surface area contributed by atoms with Gasteiger partial charge in [0, 0.05) is 5.69 Å². The van der Waals surface area contributed by atoms with Crippen molar-refractivity contribution in [1.82, 2.24) is 10.3 Å². The molecule has 1 atom stereocenters. The highest BCUT2D eigenvalue weighted by Gasteiger charge is 2.10. The van der Waals surface area contributed by atoms with Crippen LogP contribution in [0.5, 0.6) is 0 Å². The molecule has 0 aliphatic carbocycles. The number of rotatable bonds is 3. The maximum Gasteiger partial charge on any atom is 0.172 e. The molecule has 116 valence electrons. The summed E-state index contributed by atoms with van der Waals surface area (Å²) >= 11 is 5.42. The first kappa shape index (κ1) is 15.4. The van der Waals surface area contributed by atoms with Gasteiger partial charge in [-0.3, -0.25) is 0 Å². The maximum absolute atomic E-state index is 5.42. The van der Waals surface area contributed by atoms with Crippen molar-refractivity contribution in [2.24, 2.45) is 0 Å². The predicted octanol–water partition coefficient (Wildman–Crippen LogP) is 4.59. The summed E-state index contributed by atoms with van der Waals surface area (Å²) in [4.78, 5) is 4.40. The molecule has 0 fully saturated rings. The van der Waals surface area contributed by atoms with Crippen molar-refractivity contribution in [3.8, 4) is 0 Å². The molecule has 0 radical (unpaired) electrons. The summed E-state index contributed by atoms with van der Waals surface area (Å²) in [5, 5.41) is 9.53. The molecule has 0 amide bonds. The van der Waals surface area contributed by atoms with Crippen LogP contribution in [0.4, 0.5) is 5.82 Å². The van der Waals surface area contributed by atoms with Gasteiger partial charge in [0.25, 0.3) is 0 Å². The molecule has 3 nitrogen and oxygen atoms in total. The van der Waals surface area contributed by atoms with E-state index in [1.54, 1.807) is 0 Å². The zero-order valence-corrected chi connectivity index (χ0v) is 14.0. The van der Waals surface area contributed by atoms with Crippen LogP contribution in [-0.2, 0) is 0 Å². The highest BCUT2D eigenvalue weighted by atomic mass is 32.1.